The molecule has 1 saturated heterocycles. The Morgan fingerprint density at radius 1 is 1.09 bits per heavy atom. The van der Waals surface area contributed by atoms with Gasteiger partial charge in [-0.05, 0) is 32.0 Å². The van der Waals surface area contributed by atoms with E-state index in [4.69, 9.17) is 0 Å². The fourth-order valence-electron chi connectivity index (χ4n) is 2.99. The van der Waals surface area contributed by atoms with Crippen LogP contribution < -0.4 is 10.2 Å². The number of nitrogens with zero attached hydrogens (tertiary/aromatic N) is 3. The van der Waals surface area contributed by atoms with Gasteiger partial charge in [-0.2, -0.15) is 10.2 Å². The number of anilines is 1. The summed E-state index contributed by atoms with van der Waals surface area (Å²) >= 11 is 0. The standard InChI is InChI=1S/C19H24N4/c1-15-14-23(13-12-20-15)19-11-7-6-10-18(19)16(2)21-22-17-8-4-3-5-9-17/h3-11,15-16,20H,12-14H2,1-2H3. The van der Waals surface area contributed by atoms with Gasteiger partial charge in [0.25, 0.3) is 0 Å². The molecule has 23 heavy (non-hydrogen) atoms. The van der Waals surface area contributed by atoms with Gasteiger partial charge in [0.1, 0.15) is 0 Å². The Kier molecular flexibility index (Phi) is 5.03. The van der Waals surface area contributed by atoms with E-state index in [9.17, 15) is 0 Å². The molecule has 4 heteroatoms. The molecule has 2 unspecified atom stereocenters. The summed E-state index contributed by atoms with van der Waals surface area (Å²) in [4.78, 5) is 2.45. The summed E-state index contributed by atoms with van der Waals surface area (Å²) in [6.45, 7) is 7.42. The molecular formula is C19H24N4. The molecule has 0 aromatic heterocycles. The largest absolute Gasteiger partial charge is 0.368 e. The Hall–Kier alpha value is -2.20. The Morgan fingerprint density at radius 2 is 1.83 bits per heavy atom. The smallest absolute Gasteiger partial charge is 0.0953 e. The Morgan fingerprint density at radius 3 is 2.61 bits per heavy atom. The van der Waals surface area contributed by atoms with E-state index in [0.29, 0.717) is 6.04 Å². The minimum Gasteiger partial charge on any atom is -0.368 e. The number of benzene rings is 2. The lowest BCUT2D eigenvalue weighted by Gasteiger charge is -2.35. The molecule has 2 aromatic carbocycles. The molecule has 0 saturated carbocycles. The van der Waals surface area contributed by atoms with Gasteiger partial charge in [-0.15, -0.1) is 0 Å². The average Bonchev–Trinajstić information content (AvgIpc) is 2.60. The molecule has 0 radical (unpaired) electrons. The summed E-state index contributed by atoms with van der Waals surface area (Å²) in [7, 11) is 0. The van der Waals surface area contributed by atoms with Crippen LogP contribution in [-0.4, -0.2) is 25.7 Å². The van der Waals surface area contributed by atoms with Gasteiger partial charge >= 0.3 is 0 Å². The molecule has 3 rings (SSSR count). The number of nitrogens with one attached hydrogen (secondary N) is 1. The first-order chi connectivity index (χ1) is 11.2. The predicted octanol–water partition coefficient (Wildman–Crippen LogP) is 4.33. The minimum atomic E-state index is 0.0385. The van der Waals surface area contributed by atoms with Crippen molar-refractivity contribution < 1.29 is 0 Å². The molecule has 120 valence electrons. The van der Waals surface area contributed by atoms with Crippen LogP contribution in [0.1, 0.15) is 25.5 Å². The van der Waals surface area contributed by atoms with Crippen LogP contribution in [0.3, 0.4) is 0 Å². The molecule has 0 spiro atoms. The van der Waals surface area contributed by atoms with Crippen LogP contribution in [-0.2, 0) is 0 Å². The Bertz CT molecular complexity index is 653. The summed E-state index contributed by atoms with van der Waals surface area (Å²) < 4.78 is 0. The fourth-order valence-corrected chi connectivity index (χ4v) is 2.99. The molecule has 0 aliphatic carbocycles. The highest BCUT2D eigenvalue weighted by Gasteiger charge is 2.20. The second-order valence-electron chi connectivity index (χ2n) is 6.09. The topological polar surface area (TPSA) is 40.0 Å². The molecule has 1 aliphatic heterocycles. The Balaban J connectivity index is 1.80. The summed E-state index contributed by atoms with van der Waals surface area (Å²) in [6.07, 6.45) is 0. The van der Waals surface area contributed by atoms with E-state index < -0.39 is 0 Å². The van der Waals surface area contributed by atoms with Crippen LogP contribution >= 0.6 is 0 Å². The molecule has 0 amide bonds. The van der Waals surface area contributed by atoms with Crippen molar-refractivity contribution in [3.05, 3.63) is 60.2 Å². The van der Waals surface area contributed by atoms with E-state index in [1.807, 2.05) is 30.3 Å². The second kappa shape index (κ2) is 7.38. The van der Waals surface area contributed by atoms with Crippen LogP contribution in [0, 0.1) is 0 Å². The van der Waals surface area contributed by atoms with Crippen molar-refractivity contribution in [2.75, 3.05) is 24.5 Å². The van der Waals surface area contributed by atoms with Gasteiger partial charge in [-0.25, -0.2) is 0 Å². The number of rotatable bonds is 4. The maximum atomic E-state index is 4.52. The fraction of sp³-hybridized carbons (Fsp3) is 0.368. The average molecular weight is 308 g/mol. The van der Waals surface area contributed by atoms with Crippen LogP contribution in [0.25, 0.3) is 0 Å². The maximum Gasteiger partial charge on any atom is 0.0953 e. The quantitative estimate of drug-likeness (QED) is 0.854. The molecule has 1 aliphatic rings. The maximum absolute atomic E-state index is 4.52. The van der Waals surface area contributed by atoms with E-state index in [0.717, 1.165) is 25.3 Å². The van der Waals surface area contributed by atoms with Crippen molar-refractivity contribution in [2.24, 2.45) is 10.2 Å². The highest BCUT2D eigenvalue weighted by atomic mass is 15.2. The van der Waals surface area contributed by atoms with Crippen molar-refractivity contribution >= 4 is 11.4 Å². The lowest BCUT2D eigenvalue weighted by molar-refractivity contribution is 0.483. The van der Waals surface area contributed by atoms with Crippen molar-refractivity contribution in [1.29, 1.82) is 0 Å². The van der Waals surface area contributed by atoms with Gasteiger partial charge in [0.05, 0.1) is 11.7 Å². The summed E-state index contributed by atoms with van der Waals surface area (Å²) in [6, 6.07) is 19.0. The number of para-hydroxylation sites is 1. The first kappa shape index (κ1) is 15.7. The normalized spacial score (nSPS) is 19.9. The number of azo groups is 1. The zero-order valence-corrected chi connectivity index (χ0v) is 13.8. The van der Waals surface area contributed by atoms with Gasteiger partial charge in [0, 0.05) is 36.9 Å². The summed E-state index contributed by atoms with van der Waals surface area (Å²) in [5, 5.41) is 12.4. The molecular weight excluding hydrogens is 284 g/mol. The highest BCUT2D eigenvalue weighted by Crippen LogP contribution is 2.30. The molecule has 4 nitrogen and oxygen atoms in total. The van der Waals surface area contributed by atoms with Gasteiger partial charge in [-0.3, -0.25) is 0 Å². The van der Waals surface area contributed by atoms with Crippen LogP contribution in [0.2, 0.25) is 0 Å². The van der Waals surface area contributed by atoms with Crippen LogP contribution in [0.15, 0.2) is 64.8 Å². The van der Waals surface area contributed by atoms with Crippen LogP contribution in [0.5, 0.6) is 0 Å². The molecule has 0 bridgehead atoms. The van der Waals surface area contributed by atoms with Gasteiger partial charge in [0.15, 0.2) is 0 Å². The first-order valence-electron chi connectivity index (χ1n) is 8.27. The van der Waals surface area contributed by atoms with E-state index in [2.05, 4.69) is 58.6 Å². The molecule has 1 heterocycles. The van der Waals surface area contributed by atoms with E-state index in [1.54, 1.807) is 0 Å². The summed E-state index contributed by atoms with van der Waals surface area (Å²) in [5.74, 6) is 0. The monoisotopic (exact) mass is 308 g/mol. The minimum absolute atomic E-state index is 0.0385. The van der Waals surface area contributed by atoms with Crippen molar-refractivity contribution in [2.45, 2.75) is 25.9 Å². The van der Waals surface area contributed by atoms with E-state index in [1.165, 1.54) is 11.3 Å². The Labute approximate surface area is 138 Å². The SMILES string of the molecule is CC1CN(c2ccccc2C(C)N=Nc2ccccc2)CCN1. The number of hydrogen-bond donors (Lipinski definition) is 1. The zero-order valence-electron chi connectivity index (χ0n) is 13.8. The van der Waals surface area contributed by atoms with E-state index in [-0.39, 0.29) is 6.04 Å². The van der Waals surface area contributed by atoms with Gasteiger partial charge < -0.3 is 10.2 Å². The van der Waals surface area contributed by atoms with Gasteiger partial charge in [0.2, 0.25) is 0 Å². The predicted molar refractivity (Wildman–Crippen MR) is 95.5 cm³/mol. The van der Waals surface area contributed by atoms with E-state index >= 15 is 0 Å². The van der Waals surface area contributed by atoms with Crippen molar-refractivity contribution in [3.63, 3.8) is 0 Å². The molecule has 2 atom stereocenters. The third kappa shape index (κ3) is 3.96. The van der Waals surface area contributed by atoms with Crippen molar-refractivity contribution in [3.8, 4) is 0 Å². The molecule has 1 fully saturated rings. The van der Waals surface area contributed by atoms with Gasteiger partial charge in [-0.1, -0.05) is 36.4 Å². The third-order valence-electron chi connectivity index (χ3n) is 4.20. The zero-order chi connectivity index (χ0) is 16.1. The van der Waals surface area contributed by atoms with Crippen molar-refractivity contribution in [1.82, 2.24) is 5.32 Å². The highest BCUT2D eigenvalue weighted by molar-refractivity contribution is 5.55. The number of piperazine rings is 1. The summed E-state index contributed by atoms with van der Waals surface area (Å²) in [5.41, 5.74) is 3.41. The lowest BCUT2D eigenvalue weighted by Crippen LogP contribution is -2.49. The molecule has 1 N–H and O–H groups in total. The molecule has 2 aromatic rings. The lowest BCUT2D eigenvalue weighted by atomic mass is 10.0. The number of hydrogen-bond acceptors (Lipinski definition) is 4. The third-order valence-corrected chi connectivity index (χ3v) is 4.20. The van der Waals surface area contributed by atoms with Crippen LogP contribution in [0.4, 0.5) is 11.4 Å². The first-order valence-corrected chi connectivity index (χ1v) is 8.27. The second-order valence-corrected chi connectivity index (χ2v) is 6.09.